The molecule has 126 valence electrons. The Morgan fingerprint density at radius 2 is 1.86 bits per heavy atom. The number of hydrogen-bond donors (Lipinski definition) is 3. The molecule has 22 heavy (non-hydrogen) atoms. The van der Waals surface area contributed by atoms with E-state index in [2.05, 4.69) is 7.05 Å². The van der Waals surface area contributed by atoms with Crippen molar-refractivity contribution >= 4 is 16.1 Å². The standard InChI is InChI=1S/C7H6O6S.C5H11NO.H2O/c8-6-2-1-4(14(11,12)13)3-5(6)7(9)10;1-6-2-4-7-5-3-6;/h1-3,8H,(H,9,10)(H,11,12,13);2-5H2,1H3;1H2. The van der Waals surface area contributed by atoms with Crippen molar-refractivity contribution in [2.45, 2.75) is 4.90 Å². The molecule has 9 nitrogen and oxygen atoms in total. The van der Waals surface area contributed by atoms with Gasteiger partial charge in [-0.05, 0) is 18.2 Å². The lowest BCUT2D eigenvalue weighted by atomic mass is 10.2. The molecule has 1 aromatic carbocycles. The minimum atomic E-state index is -4.70. The predicted octanol–water partition coefficient (Wildman–Crippen LogP) is -2.30. The number of benzene rings is 1. The van der Waals surface area contributed by atoms with Gasteiger partial charge in [0.1, 0.15) is 34.5 Å². The third-order valence-electron chi connectivity index (χ3n) is 2.83. The van der Waals surface area contributed by atoms with Crippen LogP contribution in [0, 0.1) is 0 Å². The van der Waals surface area contributed by atoms with Crippen LogP contribution in [0.25, 0.3) is 0 Å². The first-order valence-electron chi connectivity index (χ1n) is 6.13. The van der Waals surface area contributed by atoms with Crippen molar-refractivity contribution in [3.8, 4) is 5.75 Å². The van der Waals surface area contributed by atoms with Crippen LogP contribution in [-0.4, -0.2) is 68.0 Å². The van der Waals surface area contributed by atoms with E-state index >= 15 is 0 Å². The molecule has 1 saturated heterocycles. The summed E-state index contributed by atoms with van der Waals surface area (Å²) < 4.78 is 36.6. The van der Waals surface area contributed by atoms with Gasteiger partial charge in [-0.15, -0.1) is 0 Å². The molecule has 1 aromatic rings. The molecule has 0 saturated carbocycles. The Kier molecular flexibility index (Phi) is 7.98. The second-order valence-corrected chi connectivity index (χ2v) is 5.89. The summed E-state index contributed by atoms with van der Waals surface area (Å²) in [5.74, 6) is -2.10. The maximum Gasteiger partial charge on any atom is 0.339 e. The Morgan fingerprint density at radius 1 is 1.32 bits per heavy atom. The fourth-order valence-corrected chi connectivity index (χ4v) is 2.06. The van der Waals surface area contributed by atoms with Crippen molar-refractivity contribution < 1.29 is 43.1 Å². The third-order valence-corrected chi connectivity index (χ3v) is 3.66. The minimum Gasteiger partial charge on any atom is -0.744 e. The number of quaternary nitrogens is 1. The van der Waals surface area contributed by atoms with Crippen LogP contribution >= 0.6 is 0 Å². The molecule has 5 N–H and O–H groups in total. The molecule has 0 aromatic heterocycles. The van der Waals surface area contributed by atoms with Crippen LogP contribution in [0.1, 0.15) is 10.4 Å². The zero-order valence-electron chi connectivity index (χ0n) is 11.9. The lowest BCUT2D eigenvalue weighted by molar-refractivity contribution is -0.888. The zero-order chi connectivity index (χ0) is 16.0. The summed E-state index contributed by atoms with van der Waals surface area (Å²) in [6.07, 6.45) is 0. The molecule has 0 unspecified atom stereocenters. The first-order valence-corrected chi connectivity index (χ1v) is 7.54. The number of ether oxygens (including phenoxy) is 1. The highest BCUT2D eigenvalue weighted by atomic mass is 32.2. The number of rotatable bonds is 2. The molecule has 1 heterocycles. The van der Waals surface area contributed by atoms with Gasteiger partial charge < -0.3 is 29.9 Å². The summed E-state index contributed by atoms with van der Waals surface area (Å²) in [6, 6.07) is 2.29. The molecule has 0 amide bonds. The Balaban J connectivity index is 0.000000465. The quantitative estimate of drug-likeness (QED) is 0.511. The largest absolute Gasteiger partial charge is 0.744 e. The molecule has 0 spiro atoms. The van der Waals surface area contributed by atoms with Crippen molar-refractivity contribution in [3.05, 3.63) is 23.8 Å². The van der Waals surface area contributed by atoms with E-state index in [0.717, 1.165) is 25.3 Å². The van der Waals surface area contributed by atoms with Crippen LogP contribution in [0.5, 0.6) is 5.75 Å². The average molecular weight is 337 g/mol. The topological polar surface area (TPSA) is 160 Å². The van der Waals surface area contributed by atoms with E-state index in [1.54, 1.807) is 4.90 Å². The molecule has 1 aliphatic heterocycles. The average Bonchev–Trinajstić information content (AvgIpc) is 2.39. The molecule has 0 bridgehead atoms. The van der Waals surface area contributed by atoms with Gasteiger partial charge in [0.25, 0.3) is 0 Å². The van der Waals surface area contributed by atoms with Gasteiger partial charge in [-0.1, -0.05) is 0 Å². The fraction of sp³-hybridized carbons (Fsp3) is 0.417. The lowest BCUT2D eigenvalue weighted by Gasteiger charge is -2.18. The number of likely N-dealkylation sites (N-methyl/N-ethyl adjacent to an activating group) is 1. The Morgan fingerprint density at radius 3 is 2.23 bits per heavy atom. The van der Waals surface area contributed by atoms with Gasteiger partial charge in [0.2, 0.25) is 0 Å². The fourth-order valence-electron chi connectivity index (χ4n) is 1.56. The summed E-state index contributed by atoms with van der Waals surface area (Å²) >= 11 is 0. The number of carbonyl (C=O) groups is 1. The van der Waals surface area contributed by atoms with Gasteiger partial charge in [0.15, 0.2) is 0 Å². The second-order valence-electron chi connectivity index (χ2n) is 4.51. The summed E-state index contributed by atoms with van der Waals surface area (Å²) in [4.78, 5) is 11.3. The summed E-state index contributed by atoms with van der Waals surface area (Å²) in [6.45, 7) is 4.26. The van der Waals surface area contributed by atoms with E-state index in [-0.39, 0.29) is 5.48 Å². The highest BCUT2D eigenvalue weighted by Crippen LogP contribution is 2.20. The Hall–Kier alpha value is -1.72. The van der Waals surface area contributed by atoms with E-state index in [1.165, 1.54) is 13.1 Å². The molecular weight excluding hydrogens is 318 g/mol. The van der Waals surface area contributed by atoms with Gasteiger partial charge in [0, 0.05) is 0 Å². The summed E-state index contributed by atoms with van der Waals surface area (Å²) in [5.41, 5.74) is -0.623. The maximum absolute atomic E-state index is 10.5. The molecular formula is C12H19NO8S. The predicted molar refractivity (Wildman–Crippen MR) is 74.1 cm³/mol. The Bertz CT molecular complexity index is 595. The molecule has 0 radical (unpaired) electrons. The van der Waals surface area contributed by atoms with E-state index in [0.29, 0.717) is 6.07 Å². The van der Waals surface area contributed by atoms with E-state index in [9.17, 15) is 17.8 Å². The monoisotopic (exact) mass is 337 g/mol. The van der Waals surface area contributed by atoms with Crippen LogP contribution < -0.4 is 4.90 Å². The summed E-state index contributed by atoms with van der Waals surface area (Å²) in [5, 5.41) is 17.5. The smallest absolute Gasteiger partial charge is 0.339 e. The number of morpholine rings is 1. The second kappa shape index (κ2) is 8.66. The first-order chi connectivity index (χ1) is 9.71. The number of phenols is 1. The van der Waals surface area contributed by atoms with Gasteiger partial charge in [-0.2, -0.15) is 0 Å². The SMILES string of the molecule is C[NH+]1CCOCC1.O.O=C(O)c1cc(S(=O)(=O)[O-])ccc1O. The van der Waals surface area contributed by atoms with Crippen molar-refractivity contribution in [3.63, 3.8) is 0 Å². The van der Waals surface area contributed by atoms with Crippen LogP contribution in [0.15, 0.2) is 23.1 Å². The minimum absolute atomic E-state index is 0. The molecule has 1 aliphatic rings. The number of carboxylic acids is 1. The first kappa shape index (κ1) is 20.3. The number of aromatic carboxylic acids is 1. The number of hydrogen-bond acceptors (Lipinski definition) is 6. The number of nitrogens with one attached hydrogen (secondary N) is 1. The molecule has 10 heteroatoms. The van der Waals surface area contributed by atoms with Crippen LogP contribution in [0.2, 0.25) is 0 Å². The normalized spacial score (nSPS) is 15.2. The van der Waals surface area contributed by atoms with Crippen LogP contribution in [0.3, 0.4) is 0 Å². The van der Waals surface area contributed by atoms with Crippen LogP contribution in [0.4, 0.5) is 0 Å². The molecule has 2 rings (SSSR count). The highest BCUT2D eigenvalue weighted by Gasteiger charge is 2.12. The van der Waals surface area contributed by atoms with Gasteiger partial charge in [-0.25, -0.2) is 13.2 Å². The van der Waals surface area contributed by atoms with Gasteiger partial charge in [-0.3, -0.25) is 0 Å². The van der Waals surface area contributed by atoms with E-state index in [4.69, 9.17) is 14.9 Å². The molecule has 0 atom stereocenters. The third kappa shape index (κ3) is 6.37. The van der Waals surface area contributed by atoms with Crippen molar-refractivity contribution in [1.29, 1.82) is 0 Å². The lowest BCUT2D eigenvalue weighted by Crippen LogP contribution is -3.11. The maximum atomic E-state index is 10.5. The van der Waals surface area contributed by atoms with Crippen molar-refractivity contribution in [2.24, 2.45) is 0 Å². The van der Waals surface area contributed by atoms with Gasteiger partial charge in [0.05, 0.1) is 25.2 Å². The highest BCUT2D eigenvalue weighted by molar-refractivity contribution is 7.85. The Labute approximate surface area is 127 Å². The molecule has 0 aliphatic carbocycles. The molecule has 1 fully saturated rings. The van der Waals surface area contributed by atoms with Crippen molar-refractivity contribution in [2.75, 3.05) is 33.4 Å². The van der Waals surface area contributed by atoms with E-state index in [1.807, 2.05) is 0 Å². The van der Waals surface area contributed by atoms with Crippen LogP contribution in [-0.2, 0) is 14.9 Å². The number of carboxylic acid groups (broad SMARTS) is 1. The van der Waals surface area contributed by atoms with Crippen molar-refractivity contribution in [1.82, 2.24) is 0 Å². The number of aromatic hydroxyl groups is 1. The van der Waals surface area contributed by atoms with Gasteiger partial charge >= 0.3 is 5.97 Å². The van der Waals surface area contributed by atoms with E-state index < -0.39 is 32.3 Å². The zero-order valence-corrected chi connectivity index (χ0v) is 12.7. The summed E-state index contributed by atoms with van der Waals surface area (Å²) in [7, 11) is -2.50.